The molecule has 0 spiro atoms. The average Bonchev–Trinajstić information content (AvgIpc) is 3.43. The molecule has 9 heteroatoms. The molecule has 176 valence electrons. The molecule has 2 atom stereocenters. The number of anilines is 1. The molecule has 3 N–H and O–H groups in total. The molecule has 3 heterocycles. The monoisotopic (exact) mass is 470 g/mol. The number of nitrogens with zero attached hydrogens (tertiary/aromatic N) is 1. The number of rotatable bonds is 3. The van der Waals surface area contributed by atoms with Crippen LogP contribution < -0.4 is 16.2 Å². The Hall–Kier alpha value is -4.27. The first-order chi connectivity index (χ1) is 16.8. The average molecular weight is 470 g/mol. The lowest BCUT2D eigenvalue weighted by atomic mass is 9.70. The topological polar surface area (TPSA) is 128 Å². The van der Waals surface area contributed by atoms with E-state index in [0.29, 0.717) is 35.0 Å². The molecule has 3 aliphatic rings. The molecule has 2 unspecified atom stereocenters. The summed E-state index contributed by atoms with van der Waals surface area (Å²) in [4.78, 5) is 68.0. The first-order valence-electron chi connectivity index (χ1n) is 11.5. The number of imide groups is 1. The van der Waals surface area contributed by atoms with Gasteiger partial charge in [0.2, 0.25) is 17.4 Å². The van der Waals surface area contributed by atoms with Crippen molar-refractivity contribution < 1.29 is 19.2 Å². The van der Waals surface area contributed by atoms with Gasteiger partial charge in [0.25, 0.3) is 11.8 Å². The summed E-state index contributed by atoms with van der Waals surface area (Å²) < 4.78 is 0. The number of carbonyl (C=O) groups is 4. The van der Waals surface area contributed by atoms with Gasteiger partial charge in [-0.05, 0) is 37.1 Å². The van der Waals surface area contributed by atoms with E-state index in [4.69, 9.17) is 0 Å². The normalized spacial score (nSPS) is 24.9. The highest BCUT2D eigenvalue weighted by Gasteiger charge is 2.72. The lowest BCUT2D eigenvalue weighted by Gasteiger charge is -2.25. The van der Waals surface area contributed by atoms with E-state index in [1.165, 1.54) is 6.07 Å². The molecule has 6 rings (SSSR count). The van der Waals surface area contributed by atoms with Crippen LogP contribution in [0.25, 0.3) is 10.9 Å². The zero-order valence-electron chi connectivity index (χ0n) is 18.7. The number of carbonyl (C=O) groups excluding carboxylic acids is 4. The maximum atomic E-state index is 13.4. The number of aromatic amines is 1. The van der Waals surface area contributed by atoms with Crippen molar-refractivity contribution in [2.75, 3.05) is 18.4 Å². The van der Waals surface area contributed by atoms with Gasteiger partial charge in [0.15, 0.2) is 0 Å². The van der Waals surface area contributed by atoms with Gasteiger partial charge in [-0.2, -0.15) is 0 Å². The predicted octanol–water partition coefficient (Wildman–Crippen LogP) is 2.05. The van der Waals surface area contributed by atoms with E-state index in [0.717, 1.165) is 6.42 Å². The van der Waals surface area contributed by atoms with E-state index in [2.05, 4.69) is 15.6 Å². The minimum absolute atomic E-state index is 0.207. The molecule has 1 aromatic heterocycles. The molecule has 2 aromatic carbocycles. The van der Waals surface area contributed by atoms with Crippen LogP contribution in [0.4, 0.5) is 5.69 Å². The highest BCUT2D eigenvalue weighted by Crippen LogP contribution is 2.60. The standard InChI is InChI=1S/C26H22N4O5/c31-20-12-18(17-7-1-2-8-19(17)28-20)21(32)27-16-6-3-5-15(11-16)22(33)30-13-25-9-4-10-26(25,14-30)24(35)29-23(25)34/h1-3,5-8,11-12H,4,9-10,13-14H2,(H,27,32)(H,28,31)(H,29,34,35). The summed E-state index contributed by atoms with van der Waals surface area (Å²) in [6.45, 7) is 0.414. The Morgan fingerprint density at radius 1 is 0.886 bits per heavy atom. The summed E-state index contributed by atoms with van der Waals surface area (Å²) >= 11 is 0. The van der Waals surface area contributed by atoms with Gasteiger partial charge in [-0.15, -0.1) is 0 Å². The summed E-state index contributed by atoms with van der Waals surface area (Å²) in [5, 5.41) is 5.86. The fourth-order valence-electron chi connectivity index (χ4n) is 6.13. The molecule has 1 aliphatic carbocycles. The van der Waals surface area contributed by atoms with Crippen LogP contribution in [0.1, 0.15) is 40.0 Å². The van der Waals surface area contributed by atoms with Crippen LogP contribution in [0.3, 0.4) is 0 Å². The molecule has 0 radical (unpaired) electrons. The second-order valence-electron chi connectivity index (χ2n) is 9.59. The number of hydrogen-bond acceptors (Lipinski definition) is 5. The molecule has 9 nitrogen and oxygen atoms in total. The van der Waals surface area contributed by atoms with Gasteiger partial charge in [0.05, 0.1) is 16.4 Å². The zero-order chi connectivity index (χ0) is 24.4. The third-order valence-electron chi connectivity index (χ3n) is 7.79. The Kier molecular flexibility index (Phi) is 4.48. The maximum Gasteiger partial charge on any atom is 0.256 e. The second kappa shape index (κ2) is 7.36. The van der Waals surface area contributed by atoms with Crippen molar-refractivity contribution in [3.63, 3.8) is 0 Å². The number of aromatic nitrogens is 1. The van der Waals surface area contributed by atoms with E-state index in [9.17, 15) is 24.0 Å². The van der Waals surface area contributed by atoms with Gasteiger partial charge in [-0.3, -0.25) is 29.3 Å². The van der Waals surface area contributed by atoms with Crippen molar-refractivity contribution in [2.24, 2.45) is 10.8 Å². The number of H-pyrrole nitrogens is 1. The van der Waals surface area contributed by atoms with E-state index in [-0.39, 0.29) is 41.9 Å². The molecule has 35 heavy (non-hydrogen) atoms. The molecule has 4 amide bonds. The van der Waals surface area contributed by atoms with Gasteiger partial charge in [0, 0.05) is 41.3 Å². The number of amides is 4. The number of likely N-dealkylation sites (tertiary alicyclic amines) is 1. The van der Waals surface area contributed by atoms with Crippen LogP contribution in [0.15, 0.2) is 59.4 Å². The Labute approximate surface area is 199 Å². The smallest absolute Gasteiger partial charge is 0.256 e. The van der Waals surface area contributed by atoms with Gasteiger partial charge in [-0.1, -0.05) is 30.7 Å². The Bertz CT molecular complexity index is 1480. The Morgan fingerprint density at radius 3 is 2.34 bits per heavy atom. The molecular formula is C26H22N4O5. The third-order valence-corrected chi connectivity index (χ3v) is 7.79. The number of fused-ring (bicyclic) bond motifs is 1. The van der Waals surface area contributed by atoms with E-state index in [1.54, 1.807) is 53.4 Å². The lowest BCUT2D eigenvalue weighted by molar-refractivity contribution is -0.129. The fourth-order valence-corrected chi connectivity index (χ4v) is 6.13. The Morgan fingerprint density at radius 2 is 1.60 bits per heavy atom. The van der Waals surface area contributed by atoms with Crippen LogP contribution in [-0.2, 0) is 9.59 Å². The molecule has 2 aliphatic heterocycles. The predicted molar refractivity (Wildman–Crippen MR) is 127 cm³/mol. The SMILES string of the molecule is O=C(Nc1cccc(C(=O)N2CC34CCCC3(C2)C(=O)NC4=O)c1)c1cc(=O)[nH]c2ccccc12. The minimum Gasteiger partial charge on any atom is -0.336 e. The molecule has 3 fully saturated rings. The van der Waals surface area contributed by atoms with Crippen LogP contribution >= 0.6 is 0 Å². The van der Waals surface area contributed by atoms with E-state index in [1.807, 2.05) is 0 Å². The summed E-state index contributed by atoms with van der Waals surface area (Å²) in [5.41, 5.74) is -0.548. The first-order valence-corrected chi connectivity index (χ1v) is 11.5. The van der Waals surface area contributed by atoms with Crippen LogP contribution in [0, 0.1) is 10.8 Å². The van der Waals surface area contributed by atoms with Crippen molar-refractivity contribution in [3.8, 4) is 0 Å². The van der Waals surface area contributed by atoms with Crippen LogP contribution in [0.2, 0.25) is 0 Å². The first kappa shape index (κ1) is 21.3. The summed E-state index contributed by atoms with van der Waals surface area (Å²) in [5.74, 6) is -1.32. The van der Waals surface area contributed by atoms with Crippen LogP contribution in [-0.4, -0.2) is 46.6 Å². The maximum absolute atomic E-state index is 13.4. The summed E-state index contributed by atoms with van der Waals surface area (Å²) in [7, 11) is 0. The van der Waals surface area contributed by atoms with Crippen LogP contribution in [0.5, 0.6) is 0 Å². The van der Waals surface area contributed by atoms with Gasteiger partial charge in [-0.25, -0.2) is 0 Å². The number of pyridine rings is 1. The highest BCUT2D eigenvalue weighted by molar-refractivity contribution is 6.13. The molecule has 2 saturated heterocycles. The van der Waals surface area contributed by atoms with Crippen molar-refractivity contribution in [3.05, 3.63) is 76.1 Å². The van der Waals surface area contributed by atoms with Gasteiger partial charge in [0.1, 0.15) is 0 Å². The van der Waals surface area contributed by atoms with Crippen molar-refractivity contribution in [1.29, 1.82) is 0 Å². The Balaban J connectivity index is 1.26. The van der Waals surface area contributed by atoms with E-state index < -0.39 is 16.7 Å². The largest absolute Gasteiger partial charge is 0.336 e. The molecule has 0 bridgehead atoms. The fraction of sp³-hybridized carbons (Fsp3) is 0.269. The quantitative estimate of drug-likeness (QED) is 0.505. The number of hydrogen-bond donors (Lipinski definition) is 3. The van der Waals surface area contributed by atoms with Gasteiger partial charge >= 0.3 is 0 Å². The summed E-state index contributed by atoms with van der Waals surface area (Å²) in [6.07, 6.45) is 1.98. The lowest BCUT2D eigenvalue weighted by Crippen LogP contribution is -2.39. The third kappa shape index (κ3) is 2.97. The zero-order valence-corrected chi connectivity index (χ0v) is 18.7. The molecule has 1 saturated carbocycles. The minimum atomic E-state index is -0.840. The molecular weight excluding hydrogens is 448 g/mol. The van der Waals surface area contributed by atoms with Gasteiger partial charge < -0.3 is 15.2 Å². The molecule has 3 aromatic rings. The number of benzene rings is 2. The van der Waals surface area contributed by atoms with Crippen molar-refractivity contribution in [2.45, 2.75) is 19.3 Å². The number of para-hydroxylation sites is 1. The summed E-state index contributed by atoms with van der Waals surface area (Å²) in [6, 6.07) is 14.8. The van der Waals surface area contributed by atoms with E-state index >= 15 is 0 Å². The second-order valence-corrected chi connectivity index (χ2v) is 9.59. The van der Waals surface area contributed by atoms with Crippen molar-refractivity contribution >= 4 is 40.2 Å². The number of nitrogens with one attached hydrogen (secondary N) is 3. The highest BCUT2D eigenvalue weighted by atomic mass is 16.2. The van der Waals surface area contributed by atoms with Crippen molar-refractivity contribution in [1.82, 2.24) is 15.2 Å².